The molecule has 1 unspecified atom stereocenters. The zero-order valence-electron chi connectivity index (χ0n) is 18.5. The van der Waals surface area contributed by atoms with E-state index in [1.807, 2.05) is 12.1 Å². The van der Waals surface area contributed by atoms with Crippen LogP contribution in [0, 0.1) is 17.4 Å². The molecule has 0 bridgehead atoms. The van der Waals surface area contributed by atoms with Crippen molar-refractivity contribution < 1.29 is 14.6 Å². The van der Waals surface area contributed by atoms with E-state index in [0.717, 1.165) is 29.7 Å². The normalized spacial score (nSPS) is 22.6. The zero-order valence-corrected chi connectivity index (χ0v) is 18.5. The van der Waals surface area contributed by atoms with Crippen LogP contribution in [0.3, 0.4) is 0 Å². The second-order valence-corrected chi connectivity index (χ2v) is 9.82. The highest BCUT2D eigenvalue weighted by Crippen LogP contribution is 2.55. The number of aromatic hydroxyl groups is 1. The lowest BCUT2D eigenvalue weighted by Gasteiger charge is -2.47. The summed E-state index contributed by atoms with van der Waals surface area (Å²) in [5.74, 6) is 2.11. The predicted octanol–water partition coefficient (Wildman–Crippen LogP) is 6.69. The third-order valence-electron chi connectivity index (χ3n) is 6.88. The molecule has 0 spiro atoms. The number of phenolic OH excluding ortho intramolecular Hbond substituents is 1. The number of nitrogens with zero attached hydrogens (tertiary/aromatic N) is 1. The topological polar surface area (TPSA) is 62.5 Å². The molecule has 4 heteroatoms. The summed E-state index contributed by atoms with van der Waals surface area (Å²) in [6.07, 6.45) is 11.2. The second-order valence-electron chi connectivity index (χ2n) is 9.82. The Kier molecular flexibility index (Phi) is 6.17. The van der Waals surface area contributed by atoms with Crippen LogP contribution in [-0.4, -0.2) is 10.7 Å². The van der Waals surface area contributed by atoms with E-state index in [2.05, 4.69) is 40.7 Å². The van der Waals surface area contributed by atoms with Crippen LogP contribution in [0.25, 0.3) is 0 Å². The van der Waals surface area contributed by atoms with Gasteiger partial charge in [-0.2, -0.15) is 0 Å². The summed E-state index contributed by atoms with van der Waals surface area (Å²) in [7, 11) is 0. The van der Waals surface area contributed by atoms with Crippen LogP contribution < -0.4 is 4.74 Å². The van der Waals surface area contributed by atoms with Crippen LogP contribution in [0.15, 0.2) is 24.0 Å². The van der Waals surface area contributed by atoms with Crippen LogP contribution in [-0.2, 0) is 10.2 Å². The number of nitriles is 1. The maximum Gasteiger partial charge on any atom is 0.291 e. The van der Waals surface area contributed by atoms with Gasteiger partial charge >= 0.3 is 0 Å². The summed E-state index contributed by atoms with van der Waals surface area (Å²) in [6.45, 7) is 11.0. The molecule has 1 aliphatic heterocycles. The van der Waals surface area contributed by atoms with Crippen molar-refractivity contribution in [2.75, 3.05) is 0 Å². The van der Waals surface area contributed by atoms with Crippen molar-refractivity contribution in [1.82, 2.24) is 0 Å². The Morgan fingerprint density at radius 2 is 2.03 bits per heavy atom. The van der Waals surface area contributed by atoms with Crippen LogP contribution in [0.2, 0.25) is 0 Å². The molecular weight excluding hydrogens is 362 g/mol. The summed E-state index contributed by atoms with van der Waals surface area (Å²) in [4.78, 5) is 0. The van der Waals surface area contributed by atoms with Gasteiger partial charge in [-0.1, -0.05) is 46.5 Å². The zero-order chi connectivity index (χ0) is 21.2. The van der Waals surface area contributed by atoms with Crippen molar-refractivity contribution in [3.8, 4) is 17.8 Å². The minimum absolute atomic E-state index is 0.0217. The molecule has 1 N–H and O–H groups in total. The summed E-state index contributed by atoms with van der Waals surface area (Å²) in [6, 6.07) is 4.07. The average molecular weight is 398 g/mol. The van der Waals surface area contributed by atoms with Crippen LogP contribution >= 0.6 is 0 Å². The first-order valence-electron chi connectivity index (χ1n) is 11.0. The highest BCUT2D eigenvalue weighted by molar-refractivity contribution is 5.54. The van der Waals surface area contributed by atoms with E-state index in [0.29, 0.717) is 17.9 Å². The molecule has 0 fully saturated rings. The molecule has 2 atom stereocenters. The molecule has 1 aromatic rings. The number of hydrogen-bond acceptors (Lipinski definition) is 4. The Labute approximate surface area is 175 Å². The molecule has 0 aromatic heterocycles. The number of unbranched alkanes of at least 4 members (excludes halogenated alkanes) is 3. The van der Waals surface area contributed by atoms with Crippen molar-refractivity contribution >= 4 is 0 Å². The number of benzene rings is 1. The SMILES string of the molecule is CCCCCCC(C)(C)c1cc(O)c2c(c1)OC(C)(C)C1CC=C(OC#N)C[C@H]21. The molecular formula is C25H35NO3. The third-order valence-corrected chi connectivity index (χ3v) is 6.88. The highest BCUT2D eigenvalue weighted by Gasteiger charge is 2.47. The fourth-order valence-electron chi connectivity index (χ4n) is 5.04. The van der Waals surface area contributed by atoms with E-state index >= 15 is 0 Å². The van der Waals surface area contributed by atoms with Gasteiger partial charge in [0.05, 0.1) is 0 Å². The Morgan fingerprint density at radius 1 is 1.28 bits per heavy atom. The van der Waals surface area contributed by atoms with E-state index in [1.54, 1.807) is 6.26 Å². The van der Waals surface area contributed by atoms with Crippen molar-refractivity contribution in [3.05, 3.63) is 35.1 Å². The molecule has 2 aliphatic rings. The van der Waals surface area contributed by atoms with Gasteiger partial charge in [0, 0.05) is 23.8 Å². The fraction of sp³-hybridized carbons (Fsp3) is 0.640. The van der Waals surface area contributed by atoms with Gasteiger partial charge in [-0.3, -0.25) is 0 Å². The molecule has 158 valence electrons. The highest BCUT2D eigenvalue weighted by atomic mass is 16.5. The summed E-state index contributed by atoms with van der Waals surface area (Å²) in [5.41, 5.74) is 1.63. The minimum Gasteiger partial charge on any atom is -0.508 e. The van der Waals surface area contributed by atoms with Gasteiger partial charge in [0.15, 0.2) is 0 Å². The maximum absolute atomic E-state index is 11.0. The fourth-order valence-corrected chi connectivity index (χ4v) is 5.04. The molecule has 1 aromatic carbocycles. The van der Waals surface area contributed by atoms with Gasteiger partial charge < -0.3 is 14.6 Å². The van der Waals surface area contributed by atoms with Crippen molar-refractivity contribution in [3.63, 3.8) is 0 Å². The first-order valence-corrected chi connectivity index (χ1v) is 11.0. The van der Waals surface area contributed by atoms with Crippen LogP contribution in [0.4, 0.5) is 0 Å². The Hall–Kier alpha value is -2.15. The summed E-state index contributed by atoms with van der Waals surface area (Å²) in [5, 5.41) is 19.9. The Morgan fingerprint density at radius 3 is 2.72 bits per heavy atom. The number of hydrogen-bond donors (Lipinski definition) is 1. The van der Waals surface area contributed by atoms with Crippen molar-refractivity contribution in [2.24, 2.45) is 5.92 Å². The number of fused-ring (bicyclic) bond motifs is 3. The van der Waals surface area contributed by atoms with Crippen LogP contribution in [0.1, 0.15) is 96.6 Å². The standard InChI is InChI=1S/C25H35NO3/c1-6-7-8-9-12-24(2,3)17-13-21(27)23-19-15-18(28-16-26)10-11-20(19)25(4,5)29-22(23)14-17/h10,13-14,19-20,27H,6-9,11-12,15H2,1-5H3/t19-,20?/m0/s1. The summed E-state index contributed by atoms with van der Waals surface area (Å²) < 4.78 is 11.6. The Bertz CT molecular complexity index is 816. The molecule has 29 heavy (non-hydrogen) atoms. The number of phenols is 1. The molecule has 4 nitrogen and oxygen atoms in total. The maximum atomic E-state index is 11.0. The third kappa shape index (κ3) is 4.39. The first-order chi connectivity index (χ1) is 13.7. The lowest BCUT2D eigenvalue weighted by atomic mass is 9.67. The number of ether oxygens (including phenoxy) is 2. The molecule has 0 amide bonds. The molecule has 0 radical (unpaired) electrons. The Balaban J connectivity index is 1.93. The van der Waals surface area contributed by atoms with E-state index < -0.39 is 0 Å². The van der Waals surface area contributed by atoms with Gasteiger partial charge in [-0.05, 0) is 55.9 Å². The van der Waals surface area contributed by atoms with Gasteiger partial charge in [-0.25, -0.2) is 0 Å². The predicted molar refractivity (Wildman–Crippen MR) is 115 cm³/mol. The van der Waals surface area contributed by atoms with Crippen molar-refractivity contribution in [2.45, 2.75) is 96.5 Å². The molecule has 0 saturated carbocycles. The first kappa shape index (κ1) is 21.6. The quantitative estimate of drug-likeness (QED) is 0.411. The average Bonchev–Trinajstić information content (AvgIpc) is 2.64. The summed E-state index contributed by atoms with van der Waals surface area (Å²) >= 11 is 0. The van der Waals surface area contributed by atoms with Gasteiger partial charge in [0.25, 0.3) is 6.26 Å². The number of allylic oxidation sites excluding steroid dienone is 2. The minimum atomic E-state index is -0.345. The lowest BCUT2D eigenvalue weighted by Crippen LogP contribution is -2.45. The van der Waals surface area contributed by atoms with Crippen molar-refractivity contribution in [1.29, 1.82) is 5.26 Å². The smallest absolute Gasteiger partial charge is 0.291 e. The second kappa shape index (κ2) is 8.30. The molecule has 3 rings (SSSR count). The molecule has 1 heterocycles. The van der Waals surface area contributed by atoms with Gasteiger partial charge in [0.2, 0.25) is 0 Å². The lowest BCUT2D eigenvalue weighted by molar-refractivity contribution is 0.00414. The van der Waals surface area contributed by atoms with Crippen LogP contribution in [0.5, 0.6) is 11.5 Å². The number of rotatable bonds is 7. The molecule has 0 saturated heterocycles. The van der Waals surface area contributed by atoms with E-state index in [1.165, 1.54) is 25.7 Å². The van der Waals surface area contributed by atoms with Gasteiger partial charge in [0.1, 0.15) is 22.9 Å². The molecule has 1 aliphatic carbocycles. The van der Waals surface area contributed by atoms with Gasteiger partial charge in [-0.15, -0.1) is 5.26 Å². The largest absolute Gasteiger partial charge is 0.508 e. The monoisotopic (exact) mass is 397 g/mol. The van der Waals surface area contributed by atoms with E-state index in [9.17, 15) is 5.11 Å². The van der Waals surface area contributed by atoms with E-state index in [-0.39, 0.29) is 22.9 Å². The van der Waals surface area contributed by atoms with E-state index in [4.69, 9.17) is 14.7 Å².